The van der Waals surface area contributed by atoms with E-state index in [9.17, 15) is 14.0 Å². The fourth-order valence-electron chi connectivity index (χ4n) is 1.48. The highest BCUT2D eigenvalue weighted by Gasteiger charge is 2.10. The number of likely N-dealkylation sites (N-methyl/N-ethyl adjacent to an activating group) is 2. The Morgan fingerprint density at radius 2 is 2.18 bits per heavy atom. The normalized spacial score (nSPS) is 9.82. The summed E-state index contributed by atoms with van der Waals surface area (Å²) in [5.74, 6) is -0.649. The van der Waals surface area contributed by atoms with E-state index in [-0.39, 0.29) is 18.0 Å². The van der Waals surface area contributed by atoms with E-state index in [2.05, 4.69) is 5.32 Å². The molecule has 0 aliphatic heterocycles. The number of anilines is 1. The maximum atomic E-state index is 13.2. The fourth-order valence-corrected chi connectivity index (χ4v) is 1.48. The van der Waals surface area contributed by atoms with Crippen LogP contribution in [0.4, 0.5) is 10.1 Å². The zero-order valence-electron chi connectivity index (χ0n) is 9.87. The average molecular weight is 238 g/mol. The lowest BCUT2D eigenvalue weighted by molar-refractivity contribution is -0.119. The largest absolute Gasteiger partial charge is 0.362 e. The van der Waals surface area contributed by atoms with E-state index < -0.39 is 5.82 Å². The topological polar surface area (TPSA) is 49.4 Å². The second-order valence-corrected chi connectivity index (χ2v) is 3.55. The summed E-state index contributed by atoms with van der Waals surface area (Å²) < 4.78 is 13.2. The number of benzene rings is 1. The number of rotatable bonds is 5. The molecule has 0 saturated carbocycles. The van der Waals surface area contributed by atoms with Gasteiger partial charge in [-0.2, -0.15) is 0 Å². The van der Waals surface area contributed by atoms with Gasteiger partial charge in [-0.05, 0) is 25.1 Å². The van der Waals surface area contributed by atoms with Gasteiger partial charge in [-0.1, -0.05) is 0 Å². The smallest absolute Gasteiger partial charge is 0.239 e. The van der Waals surface area contributed by atoms with E-state index >= 15 is 0 Å². The minimum atomic E-state index is -0.486. The van der Waals surface area contributed by atoms with Gasteiger partial charge in [0, 0.05) is 24.8 Å². The Balaban J connectivity index is 2.98. The molecule has 0 unspecified atom stereocenters. The molecule has 0 saturated heterocycles. The number of amides is 1. The summed E-state index contributed by atoms with van der Waals surface area (Å²) in [7, 11) is 1.54. The molecule has 0 heterocycles. The first-order valence-corrected chi connectivity index (χ1v) is 5.32. The molecule has 0 atom stereocenters. The highest BCUT2D eigenvalue weighted by atomic mass is 19.1. The van der Waals surface area contributed by atoms with Crippen LogP contribution in [0.25, 0.3) is 0 Å². The van der Waals surface area contributed by atoms with Crippen molar-refractivity contribution in [3.63, 3.8) is 0 Å². The van der Waals surface area contributed by atoms with Crippen LogP contribution in [-0.4, -0.2) is 32.3 Å². The van der Waals surface area contributed by atoms with E-state index in [1.165, 1.54) is 6.07 Å². The van der Waals surface area contributed by atoms with Gasteiger partial charge in [-0.25, -0.2) is 4.39 Å². The van der Waals surface area contributed by atoms with E-state index in [1.54, 1.807) is 18.0 Å². The quantitative estimate of drug-likeness (QED) is 0.784. The van der Waals surface area contributed by atoms with Gasteiger partial charge in [0.05, 0.1) is 6.54 Å². The van der Waals surface area contributed by atoms with Crippen molar-refractivity contribution in [3.05, 3.63) is 29.6 Å². The molecule has 17 heavy (non-hydrogen) atoms. The minimum absolute atomic E-state index is 0.134. The van der Waals surface area contributed by atoms with Crippen LogP contribution in [0.5, 0.6) is 0 Å². The Kier molecular flexibility index (Phi) is 4.63. The third-order valence-corrected chi connectivity index (χ3v) is 2.40. The zero-order valence-corrected chi connectivity index (χ0v) is 9.87. The second kappa shape index (κ2) is 5.98. The average Bonchev–Trinajstić information content (AvgIpc) is 2.34. The Hall–Kier alpha value is -1.91. The Morgan fingerprint density at radius 1 is 1.47 bits per heavy atom. The standard InChI is InChI=1S/C12H15FN2O2/c1-3-15(7-12(17)14-2)11-5-9(8-16)4-10(13)6-11/h4-6,8H,3,7H2,1-2H3,(H,14,17). The molecule has 1 rings (SSSR count). The number of aldehydes is 1. The van der Waals surface area contributed by atoms with E-state index in [0.29, 0.717) is 18.5 Å². The summed E-state index contributed by atoms with van der Waals surface area (Å²) in [6.07, 6.45) is 0.584. The van der Waals surface area contributed by atoms with Crippen molar-refractivity contribution >= 4 is 17.9 Å². The molecule has 5 heteroatoms. The van der Waals surface area contributed by atoms with E-state index in [1.807, 2.05) is 6.92 Å². The van der Waals surface area contributed by atoms with Crippen LogP contribution in [-0.2, 0) is 4.79 Å². The lowest BCUT2D eigenvalue weighted by atomic mass is 10.2. The minimum Gasteiger partial charge on any atom is -0.362 e. The molecule has 1 amide bonds. The molecule has 92 valence electrons. The molecule has 1 N–H and O–H groups in total. The predicted molar refractivity (Wildman–Crippen MR) is 63.7 cm³/mol. The number of hydrogen-bond acceptors (Lipinski definition) is 3. The van der Waals surface area contributed by atoms with Crippen molar-refractivity contribution in [2.45, 2.75) is 6.92 Å². The van der Waals surface area contributed by atoms with Crippen LogP contribution < -0.4 is 10.2 Å². The van der Waals surface area contributed by atoms with E-state index in [4.69, 9.17) is 0 Å². The number of halogens is 1. The van der Waals surface area contributed by atoms with Gasteiger partial charge in [0.25, 0.3) is 0 Å². The monoisotopic (exact) mass is 238 g/mol. The Labute approximate surface area is 99.4 Å². The lowest BCUT2D eigenvalue weighted by Crippen LogP contribution is -2.35. The molecule has 0 spiro atoms. The van der Waals surface area contributed by atoms with Gasteiger partial charge in [0.2, 0.25) is 5.91 Å². The Morgan fingerprint density at radius 3 is 2.71 bits per heavy atom. The number of nitrogens with one attached hydrogen (secondary N) is 1. The van der Waals surface area contributed by atoms with E-state index in [0.717, 1.165) is 6.07 Å². The van der Waals surface area contributed by atoms with Gasteiger partial charge in [-0.3, -0.25) is 9.59 Å². The van der Waals surface area contributed by atoms with Crippen molar-refractivity contribution in [2.24, 2.45) is 0 Å². The summed E-state index contributed by atoms with van der Waals surface area (Å²) in [6.45, 7) is 2.54. The highest BCUT2D eigenvalue weighted by Crippen LogP contribution is 2.17. The molecule has 0 fully saturated rings. The first kappa shape index (κ1) is 13.2. The van der Waals surface area contributed by atoms with Gasteiger partial charge < -0.3 is 10.2 Å². The molecule has 1 aromatic rings. The van der Waals surface area contributed by atoms with Gasteiger partial charge in [0.1, 0.15) is 12.1 Å². The third-order valence-electron chi connectivity index (χ3n) is 2.40. The van der Waals surface area contributed by atoms with Crippen molar-refractivity contribution < 1.29 is 14.0 Å². The molecule has 0 aromatic heterocycles. The van der Waals surface area contributed by atoms with Gasteiger partial charge in [-0.15, -0.1) is 0 Å². The van der Waals surface area contributed by atoms with Crippen molar-refractivity contribution in [3.8, 4) is 0 Å². The second-order valence-electron chi connectivity index (χ2n) is 3.55. The molecular weight excluding hydrogens is 223 g/mol. The lowest BCUT2D eigenvalue weighted by Gasteiger charge is -2.22. The maximum Gasteiger partial charge on any atom is 0.239 e. The fraction of sp³-hybridized carbons (Fsp3) is 0.333. The molecule has 0 bridgehead atoms. The highest BCUT2D eigenvalue weighted by molar-refractivity contribution is 5.82. The zero-order chi connectivity index (χ0) is 12.8. The molecule has 0 radical (unpaired) electrons. The van der Waals surface area contributed by atoms with Crippen LogP contribution in [0.15, 0.2) is 18.2 Å². The summed E-state index contributed by atoms with van der Waals surface area (Å²) in [5.41, 5.74) is 0.786. The van der Waals surface area contributed by atoms with Crippen LogP contribution in [0.3, 0.4) is 0 Å². The first-order valence-electron chi connectivity index (χ1n) is 5.32. The number of nitrogens with zero attached hydrogens (tertiary/aromatic N) is 1. The SMILES string of the molecule is CCN(CC(=O)NC)c1cc(F)cc(C=O)c1. The summed E-state index contributed by atoms with van der Waals surface area (Å²) in [4.78, 5) is 23.6. The first-order chi connectivity index (χ1) is 8.10. The van der Waals surface area contributed by atoms with Crippen LogP contribution in [0, 0.1) is 5.82 Å². The van der Waals surface area contributed by atoms with Crippen molar-refractivity contribution in [1.29, 1.82) is 0 Å². The molecule has 0 aliphatic carbocycles. The maximum absolute atomic E-state index is 13.2. The van der Waals surface area contributed by atoms with Crippen LogP contribution in [0.1, 0.15) is 17.3 Å². The summed E-state index contributed by atoms with van der Waals surface area (Å²) in [6, 6.07) is 4.02. The molecule has 1 aromatic carbocycles. The van der Waals surface area contributed by atoms with Crippen LogP contribution >= 0.6 is 0 Å². The van der Waals surface area contributed by atoms with Crippen molar-refractivity contribution in [1.82, 2.24) is 5.32 Å². The number of hydrogen-bond donors (Lipinski definition) is 1. The summed E-state index contributed by atoms with van der Waals surface area (Å²) >= 11 is 0. The van der Waals surface area contributed by atoms with Gasteiger partial charge in [0.15, 0.2) is 0 Å². The molecule has 0 aliphatic rings. The summed E-state index contributed by atoms with van der Waals surface area (Å²) in [5, 5.41) is 2.50. The molecule has 4 nitrogen and oxygen atoms in total. The van der Waals surface area contributed by atoms with Gasteiger partial charge >= 0.3 is 0 Å². The predicted octanol–water partition coefficient (Wildman–Crippen LogP) is 1.21. The van der Waals surface area contributed by atoms with Crippen LogP contribution in [0.2, 0.25) is 0 Å². The molecular formula is C12H15FN2O2. The number of carbonyl (C=O) groups is 2. The number of carbonyl (C=O) groups excluding carboxylic acids is 2. The van der Waals surface area contributed by atoms with Crippen molar-refractivity contribution in [2.75, 3.05) is 25.0 Å². The Bertz CT molecular complexity index is 421. The third kappa shape index (κ3) is 3.55.